The molecule has 13 heteroatoms. The first-order chi connectivity index (χ1) is 19.4. The van der Waals surface area contributed by atoms with Gasteiger partial charge in [-0.25, -0.2) is 8.60 Å². The Morgan fingerprint density at radius 2 is 1.80 bits per heavy atom. The fourth-order valence-corrected chi connectivity index (χ4v) is 5.34. The quantitative estimate of drug-likeness (QED) is 0.164. The summed E-state index contributed by atoms with van der Waals surface area (Å²) in [6, 6.07) is 13.5. The highest BCUT2D eigenvalue weighted by atomic mass is 35.5. The molecule has 5 rings (SSSR count). The Bertz CT molecular complexity index is 1600. The predicted octanol–water partition coefficient (Wildman–Crippen LogP) is 7.09. The summed E-state index contributed by atoms with van der Waals surface area (Å²) < 4.78 is 79.8. The van der Waals surface area contributed by atoms with Crippen LogP contribution in [0.15, 0.2) is 65.2 Å². The SMILES string of the molecule is CC(c1ccc(CC(=O)Nc2cc(F)c(C3(c4noc(-c5ccc(C(F)(F)F)cc5)n4)CC3)c(Cl)c2)cc1)S(=O)O. The first kappa shape index (κ1) is 28.9. The summed E-state index contributed by atoms with van der Waals surface area (Å²) >= 11 is 4.47. The zero-order valence-corrected chi connectivity index (χ0v) is 22.9. The van der Waals surface area contributed by atoms with Crippen LogP contribution < -0.4 is 5.32 Å². The molecule has 4 aromatic rings. The van der Waals surface area contributed by atoms with Gasteiger partial charge in [0.2, 0.25) is 5.91 Å². The van der Waals surface area contributed by atoms with E-state index in [9.17, 15) is 26.7 Å². The first-order valence-corrected chi connectivity index (χ1v) is 13.9. The number of rotatable bonds is 8. The molecule has 214 valence electrons. The van der Waals surface area contributed by atoms with Crippen LogP contribution in [0.4, 0.5) is 23.2 Å². The van der Waals surface area contributed by atoms with E-state index in [1.807, 2.05) is 0 Å². The molecule has 1 heterocycles. The second kappa shape index (κ2) is 11.0. The molecule has 1 aliphatic rings. The summed E-state index contributed by atoms with van der Waals surface area (Å²) in [4.78, 5) is 16.9. The van der Waals surface area contributed by atoms with Crippen LogP contribution in [0.2, 0.25) is 5.02 Å². The number of hydrogen-bond donors (Lipinski definition) is 2. The van der Waals surface area contributed by atoms with Crippen LogP contribution in [0.1, 0.15) is 53.1 Å². The van der Waals surface area contributed by atoms with Gasteiger partial charge in [-0.05, 0) is 67.3 Å². The summed E-state index contributed by atoms with van der Waals surface area (Å²) in [6.07, 6.45) is -3.55. The van der Waals surface area contributed by atoms with Crippen molar-refractivity contribution in [2.24, 2.45) is 0 Å². The lowest BCUT2D eigenvalue weighted by Crippen LogP contribution is -2.17. The topological polar surface area (TPSA) is 105 Å². The van der Waals surface area contributed by atoms with E-state index in [1.54, 1.807) is 31.2 Å². The molecule has 2 unspecified atom stereocenters. The van der Waals surface area contributed by atoms with Gasteiger partial charge >= 0.3 is 6.18 Å². The van der Waals surface area contributed by atoms with Crippen molar-refractivity contribution in [2.75, 3.05) is 5.32 Å². The number of amides is 1. The molecular weight excluding hydrogens is 586 g/mol. The Hall–Kier alpha value is -3.61. The number of nitrogens with one attached hydrogen (secondary N) is 1. The molecule has 0 aliphatic heterocycles. The molecule has 1 fully saturated rings. The van der Waals surface area contributed by atoms with Gasteiger partial charge in [-0.15, -0.1) is 0 Å². The van der Waals surface area contributed by atoms with E-state index in [4.69, 9.17) is 16.1 Å². The third-order valence-electron chi connectivity index (χ3n) is 6.98. The maximum absolute atomic E-state index is 15.4. The van der Waals surface area contributed by atoms with Crippen LogP contribution in [0.5, 0.6) is 0 Å². The number of nitrogens with zero attached hydrogens (tertiary/aromatic N) is 2. The molecule has 2 atom stereocenters. The predicted molar refractivity (Wildman–Crippen MR) is 144 cm³/mol. The van der Waals surface area contributed by atoms with Crippen LogP contribution in [-0.2, 0) is 33.9 Å². The molecule has 0 bridgehead atoms. The Balaban J connectivity index is 1.30. The van der Waals surface area contributed by atoms with Gasteiger partial charge < -0.3 is 14.4 Å². The van der Waals surface area contributed by atoms with Crippen molar-refractivity contribution >= 4 is 34.3 Å². The van der Waals surface area contributed by atoms with Gasteiger partial charge in [-0.2, -0.15) is 18.2 Å². The van der Waals surface area contributed by atoms with Gasteiger partial charge in [0.25, 0.3) is 5.89 Å². The van der Waals surface area contributed by atoms with Crippen LogP contribution in [0.25, 0.3) is 11.5 Å². The maximum Gasteiger partial charge on any atom is 0.416 e. The van der Waals surface area contributed by atoms with Gasteiger partial charge in [0.15, 0.2) is 16.9 Å². The highest BCUT2D eigenvalue weighted by Gasteiger charge is 2.53. The minimum atomic E-state index is -4.48. The lowest BCUT2D eigenvalue weighted by Gasteiger charge is -2.16. The molecule has 3 aromatic carbocycles. The second-order valence-corrected chi connectivity index (χ2v) is 11.4. The molecule has 1 aromatic heterocycles. The Labute approximate surface area is 239 Å². The maximum atomic E-state index is 15.4. The number of benzene rings is 3. The average molecular weight is 608 g/mol. The van der Waals surface area contributed by atoms with E-state index in [0.29, 0.717) is 24.0 Å². The summed E-state index contributed by atoms with van der Waals surface area (Å²) in [7, 11) is 0. The number of aromatic nitrogens is 2. The molecule has 7 nitrogen and oxygen atoms in total. The molecular formula is C28H22ClF4N3O4S. The van der Waals surface area contributed by atoms with E-state index in [2.05, 4.69) is 15.5 Å². The third kappa shape index (κ3) is 6.04. The number of halogens is 5. The third-order valence-corrected chi connectivity index (χ3v) is 8.16. The first-order valence-electron chi connectivity index (χ1n) is 12.4. The largest absolute Gasteiger partial charge is 0.416 e. The van der Waals surface area contributed by atoms with Crippen LogP contribution in [0.3, 0.4) is 0 Å². The lowest BCUT2D eigenvalue weighted by atomic mass is 9.94. The zero-order chi connectivity index (χ0) is 29.5. The van der Waals surface area contributed by atoms with Gasteiger partial charge in [0, 0.05) is 21.8 Å². The fourth-order valence-electron chi connectivity index (χ4n) is 4.56. The highest BCUT2D eigenvalue weighted by Crippen LogP contribution is 2.55. The summed E-state index contributed by atoms with van der Waals surface area (Å²) in [5.41, 5.74) is 0.105. The van der Waals surface area contributed by atoms with Crippen molar-refractivity contribution < 1.29 is 35.6 Å². The van der Waals surface area contributed by atoms with Crippen molar-refractivity contribution in [1.29, 1.82) is 0 Å². The minimum Gasteiger partial charge on any atom is -0.334 e. The Morgan fingerprint density at radius 1 is 1.15 bits per heavy atom. The number of alkyl halides is 3. The van der Waals surface area contributed by atoms with Gasteiger partial charge in [0.1, 0.15) is 5.82 Å². The fraction of sp³-hybridized carbons (Fsp3) is 0.250. The monoisotopic (exact) mass is 607 g/mol. The number of carbonyl (C=O) groups is 1. The molecule has 1 aliphatic carbocycles. The van der Waals surface area contributed by atoms with Crippen LogP contribution in [-0.4, -0.2) is 24.8 Å². The Morgan fingerprint density at radius 3 is 2.37 bits per heavy atom. The lowest BCUT2D eigenvalue weighted by molar-refractivity contribution is -0.137. The normalized spacial score (nSPS) is 15.8. The van der Waals surface area contributed by atoms with Crippen molar-refractivity contribution in [3.63, 3.8) is 0 Å². The van der Waals surface area contributed by atoms with E-state index >= 15 is 4.39 Å². The number of anilines is 1. The molecule has 0 spiro atoms. The molecule has 1 amide bonds. The van der Waals surface area contributed by atoms with Gasteiger partial charge in [-0.1, -0.05) is 41.0 Å². The number of hydrogen-bond acceptors (Lipinski definition) is 5. The van der Waals surface area contributed by atoms with E-state index in [0.717, 1.165) is 18.2 Å². The second-order valence-electron chi connectivity index (χ2n) is 9.78. The molecule has 41 heavy (non-hydrogen) atoms. The van der Waals surface area contributed by atoms with E-state index in [-0.39, 0.29) is 40.0 Å². The average Bonchev–Trinajstić information content (AvgIpc) is 3.53. The standard InChI is InChI=1S/C28H22ClF4N3O4S/c1-15(41(38)39)17-4-2-16(3-5-17)12-23(37)34-20-13-21(29)24(22(30)14-20)27(10-11-27)26-35-25(40-36-26)18-6-8-19(9-7-18)28(31,32)33/h2-9,13-15H,10-12H2,1H3,(H,34,37)(H,38,39). The van der Waals surface area contributed by atoms with Crippen molar-refractivity contribution in [1.82, 2.24) is 10.1 Å². The Kier molecular flexibility index (Phi) is 7.75. The molecule has 0 radical (unpaired) electrons. The van der Waals surface area contributed by atoms with Gasteiger partial charge in [0.05, 0.1) is 22.6 Å². The molecule has 2 N–H and O–H groups in total. The van der Waals surface area contributed by atoms with Crippen molar-refractivity contribution in [2.45, 2.75) is 43.0 Å². The molecule has 1 saturated carbocycles. The zero-order valence-electron chi connectivity index (χ0n) is 21.3. The summed E-state index contributed by atoms with van der Waals surface area (Å²) in [5.74, 6) is -0.943. The van der Waals surface area contributed by atoms with E-state index < -0.39 is 45.2 Å². The summed E-state index contributed by atoms with van der Waals surface area (Å²) in [5, 5.41) is 6.07. The van der Waals surface area contributed by atoms with E-state index in [1.165, 1.54) is 18.2 Å². The van der Waals surface area contributed by atoms with Crippen LogP contribution in [0, 0.1) is 5.82 Å². The molecule has 0 saturated heterocycles. The smallest absolute Gasteiger partial charge is 0.334 e. The summed E-state index contributed by atoms with van der Waals surface area (Å²) in [6.45, 7) is 1.61. The van der Waals surface area contributed by atoms with Crippen molar-refractivity contribution in [3.05, 3.63) is 99.6 Å². The minimum absolute atomic E-state index is 0.00692. The number of carbonyl (C=O) groups excluding carboxylic acids is 1. The van der Waals surface area contributed by atoms with Crippen molar-refractivity contribution in [3.8, 4) is 11.5 Å². The highest BCUT2D eigenvalue weighted by molar-refractivity contribution is 7.79. The van der Waals surface area contributed by atoms with Gasteiger partial charge in [-0.3, -0.25) is 4.79 Å². The van der Waals surface area contributed by atoms with Crippen LogP contribution >= 0.6 is 11.6 Å².